The topological polar surface area (TPSA) is 123 Å². The van der Waals surface area contributed by atoms with Crippen molar-refractivity contribution >= 4 is 5.97 Å². The number of carboxylic acids is 1. The van der Waals surface area contributed by atoms with Gasteiger partial charge < -0.3 is 14.9 Å². The van der Waals surface area contributed by atoms with E-state index in [-0.39, 0.29) is 42.0 Å². The third-order valence-electron chi connectivity index (χ3n) is 7.82. The molecular formula is C30H29F2N5O4. The Morgan fingerprint density at radius 1 is 1.12 bits per heavy atom. The largest absolute Gasteiger partial charge is 0.481 e. The van der Waals surface area contributed by atoms with Gasteiger partial charge in [-0.3, -0.25) is 4.79 Å². The maximum Gasteiger partial charge on any atom is 0.307 e. The summed E-state index contributed by atoms with van der Waals surface area (Å²) in [7, 11) is 0. The minimum atomic E-state index is -1.00. The maximum atomic E-state index is 15.1. The molecule has 3 atom stereocenters. The molecule has 6 rings (SSSR count). The molecule has 1 fully saturated rings. The second kappa shape index (κ2) is 9.69. The van der Waals surface area contributed by atoms with Crippen molar-refractivity contribution in [2.45, 2.75) is 58.8 Å². The van der Waals surface area contributed by atoms with E-state index in [0.717, 1.165) is 28.3 Å². The maximum absolute atomic E-state index is 15.1. The molecule has 9 nitrogen and oxygen atoms in total. The van der Waals surface area contributed by atoms with Crippen LogP contribution in [0.15, 0.2) is 36.5 Å². The van der Waals surface area contributed by atoms with Gasteiger partial charge in [0.1, 0.15) is 18.2 Å². The number of nitrogens with zero attached hydrogens (tertiary/aromatic N) is 5. The fourth-order valence-electron chi connectivity index (χ4n) is 6.02. The van der Waals surface area contributed by atoms with Gasteiger partial charge in [0.15, 0.2) is 0 Å². The van der Waals surface area contributed by atoms with Crippen molar-refractivity contribution < 1.29 is 28.5 Å². The van der Waals surface area contributed by atoms with Gasteiger partial charge >= 0.3 is 5.97 Å². The smallest absolute Gasteiger partial charge is 0.307 e. The average Bonchev–Trinajstić information content (AvgIpc) is 3.20. The van der Waals surface area contributed by atoms with E-state index in [1.807, 2.05) is 26.0 Å². The highest BCUT2D eigenvalue weighted by Crippen LogP contribution is 2.61. The first-order chi connectivity index (χ1) is 19.4. The van der Waals surface area contributed by atoms with Gasteiger partial charge in [0.05, 0.1) is 18.1 Å². The zero-order valence-electron chi connectivity index (χ0n) is 23.0. The summed E-state index contributed by atoms with van der Waals surface area (Å²) in [6.45, 7) is 6.99. The molecule has 41 heavy (non-hydrogen) atoms. The lowest BCUT2D eigenvalue weighted by atomic mass is 9.92. The van der Waals surface area contributed by atoms with Crippen LogP contribution < -0.4 is 4.74 Å². The second-order valence-electron chi connectivity index (χ2n) is 11.6. The Labute approximate surface area is 234 Å². The summed E-state index contributed by atoms with van der Waals surface area (Å²) in [5, 5.41) is 31.8. The molecule has 11 heteroatoms. The summed E-state index contributed by atoms with van der Waals surface area (Å²) in [5.41, 5.74) is 4.16. The summed E-state index contributed by atoms with van der Waals surface area (Å²) >= 11 is 0. The molecule has 212 valence electrons. The van der Waals surface area contributed by atoms with Crippen molar-refractivity contribution in [2.75, 3.05) is 0 Å². The number of rotatable bonds is 8. The summed E-state index contributed by atoms with van der Waals surface area (Å²) in [6.07, 6.45) is 2.31. The molecule has 0 saturated heterocycles. The summed E-state index contributed by atoms with van der Waals surface area (Å²) in [4.78, 5) is 17.0. The molecule has 0 bridgehead atoms. The number of aliphatic hydroxyl groups is 1. The summed E-state index contributed by atoms with van der Waals surface area (Å²) in [5.74, 6) is -1.74. The van der Waals surface area contributed by atoms with E-state index >= 15 is 4.39 Å². The number of fused-ring (bicyclic) bond motifs is 3. The van der Waals surface area contributed by atoms with E-state index in [4.69, 9.17) is 4.74 Å². The molecule has 2 aliphatic rings. The average molecular weight is 562 g/mol. The molecule has 0 spiro atoms. The monoisotopic (exact) mass is 561 g/mol. The third-order valence-corrected chi connectivity index (χ3v) is 7.82. The number of halogens is 2. The van der Waals surface area contributed by atoms with Crippen LogP contribution in [0.25, 0.3) is 22.5 Å². The predicted octanol–water partition coefficient (Wildman–Crippen LogP) is 4.62. The van der Waals surface area contributed by atoms with Crippen LogP contribution in [0.5, 0.6) is 5.88 Å². The van der Waals surface area contributed by atoms with E-state index < -0.39 is 23.2 Å². The summed E-state index contributed by atoms with van der Waals surface area (Å²) < 4.78 is 35.7. The highest BCUT2D eigenvalue weighted by atomic mass is 19.1. The highest BCUT2D eigenvalue weighted by Gasteiger charge is 2.59. The highest BCUT2D eigenvalue weighted by molar-refractivity contribution is 5.78. The molecule has 4 aromatic rings. The van der Waals surface area contributed by atoms with E-state index in [1.165, 1.54) is 10.9 Å². The standard InChI is InChI=1S/C30H29F2N5O4/c1-14-5-17(28-34-36-37(35-28)13-30(3,4)40)6-15(2)25(14)19-8-18(22(31)10-23(19)32)12-41-24-9-16-7-20-26(21(16)11-33-24)27(20)29(38)39/h5-6,8-11,20,26-27,40H,7,12-13H2,1-4H3,(H,38,39)/t20-,26-,27+/m1/s1. The van der Waals surface area contributed by atoms with Crippen LogP contribution in [0.4, 0.5) is 8.78 Å². The van der Waals surface area contributed by atoms with Gasteiger partial charge in [0, 0.05) is 40.9 Å². The molecule has 0 radical (unpaired) electrons. The van der Waals surface area contributed by atoms with Crippen molar-refractivity contribution in [3.8, 4) is 28.4 Å². The fourth-order valence-corrected chi connectivity index (χ4v) is 6.02. The van der Waals surface area contributed by atoms with Crippen LogP contribution in [0.1, 0.15) is 47.6 Å². The Balaban J connectivity index is 1.23. The molecule has 0 aliphatic heterocycles. The molecule has 0 unspecified atom stereocenters. The quantitative estimate of drug-likeness (QED) is 0.320. The number of tetrazole rings is 1. The number of pyridine rings is 1. The number of benzene rings is 2. The minimum absolute atomic E-state index is 0.00875. The Hall–Kier alpha value is -4.25. The van der Waals surface area contributed by atoms with Crippen LogP contribution in [-0.2, 0) is 24.4 Å². The number of hydrogen-bond acceptors (Lipinski definition) is 7. The van der Waals surface area contributed by atoms with E-state index in [2.05, 4.69) is 20.4 Å². The Morgan fingerprint density at radius 2 is 1.85 bits per heavy atom. The van der Waals surface area contributed by atoms with Gasteiger partial charge in [0.25, 0.3) is 0 Å². The van der Waals surface area contributed by atoms with Gasteiger partial charge in [-0.2, -0.15) is 4.80 Å². The Bertz CT molecular complexity index is 1670. The number of aromatic nitrogens is 5. The fraction of sp³-hybridized carbons (Fsp3) is 0.367. The molecule has 2 N–H and O–H groups in total. The van der Waals surface area contributed by atoms with Crippen molar-refractivity contribution in [2.24, 2.45) is 11.8 Å². The minimum Gasteiger partial charge on any atom is -0.481 e. The Morgan fingerprint density at radius 3 is 2.54 bits per heavy atom. The molecule has 2 aliphatic carbocycles. The Kier molecular flexibility index (Phi) is 6.37. The summed E-state index contributed by atoms with van der Waals surface area (Å²) in [6, 6.07) is 7.74. The number of aryl methyl sites for hydroxylation is 2. The van der Waals surface area contributed by atoms with Gasteiger partial charge in [0.2, 0.25) is 11.7 Å². The van der Waals surface area contributed by atoms with Gasteiger partial charge in [-0.1, -0.05) is 0 Å². The van der Waals surface area contributed by atoms with Gasteiger partial charge in [-0.25, -0.2) is 13.8 Å². The molecule has 1 saturated carbocycles. The number of carboxylic acid groups (broad SMARTS) is 1. The number of carbonyl (C=O) groups is 1. The van der Waals surface area contributed by atoms with Crippen LogP contribution in [-0.4, -0.2) is 47.0 Å². The predicted molar refractivity (Wildman–Crippen MR) is 144 cm³/mol. The van der Waals surface area contributed by atoms with Crippen molar-refractivity contribution in [3.05, 3.63) is 76.0 Å². The number of aliphatic carboxylic acids is 1. The first-order valence-corrected chi connectivity index (χ1v) is 13.3. The second-order valence-corrected chi connectivity index (χ2v) is 11.6. The first kappa shape index (κ1) is 26.9. The van der Waals surface area contributed by atoms with Crippen LogP contribution in [0.3, 0.4) is 0 Å². The lowest BCUT2D eigenvalue weighted by molar-refractivity contribution is -0.139. The lowest BCUT2D eigenvalue weighted by Gasteiger charge is -2.15. The molecule has 0 amide bonds. The van der Waals surface area contributed by atoms with Crippen LogP contribution >= 0.6 is 0 Å². The van der Waals surface area contributed by atoms with Crippen molar-refractivity contribution in [1.82, 2.24) is 25.2 Å². The van der Waals surface area contributed by atoms with Crippen LogP contribution in [0.2, 0.25) is 0 Å². The lowest BCUT2D eigenvalue weighted by Crippen LogP contribution is -2.27. The van der Waals surface area contributed by atoms with Crippen molar-refractivity contribution in [1.29, 1.82) is 0 Å². The molecule has 2 aromatic heterocycles. The normalized spacial score (nSPS) is 19.1. The molecular weight excluding hydrogens is 532 g/mol. The van der Waals surface area contributed by atoms with E-state index in [1.54, 1.807) is 26.1 Å². The number of ether oxygens (including phenoxy) is 1. The zero-order chi connectivity index (χ0) is 29.2. The van der Waals surface area contributed by atoms with Gasteiger partial charge in [-0.15, -0.1) is 10.2 Å². The van der Waals surface area contributed by atoms with Crippen LogP contribution in [0, 0.1) is 37.3 Å². The zero-order valence-corrected chi connectivity index (χ0v) is 23.0. The SMILES string of the molecule is Cc1cc(-c2nnn(CC(C)(C)O)n2)cc(C)c1-c1cc(COc2cc3c(cn2)[C@H]2[C@@H](C3)[C@@H]2C(=O)O)c(F)cc1F. The van der Waals surface area contributed by atoms with E-state index in [9.17, 15) is 19.4 Å². The molecule has 2 aromatic carbocycles. The number of hydrogen-bond donors (Lipinski definition) is 2. The first-order valence-electron chi connectivity index (χ1n) is 13.3. The third kappa shape index (κ3) is 5.06. The van der Waals surface area contributed by atoms with E-state index in [0.29, 0.717) is 29.3 Å². The van der Waals surface area contributed by atoms with Gasteiger partial charge in [-0.05, 0) is 91.3 Å². The van der Waals surface area contributed by atoms with Crippen molar-refractivity contribution in [3.63, 3.8) is 0 Å². The molecule has 2 heterocycles.